The number of hydrogen-bond acceptors (Lipinski definition) is 9. The topological polar surface area (TPSA) is 130 Å². The molecule has 0 fully saturated rings. The lowest BCUT2D eigenvalue weighted by molar-refractivity contribution is 0.0428. The third kappa shape index (κ3) is 5.91. The van der Waals surface area contributed by atoms with E-state index in [2.05, 4.69) is 14.9 Å². The summed E-state index contributed by atoms with van der Waals surface area (Å²) in [7, 11) is -0.763. The molecule has 0 radical (unpaired) electrons. The number of benzene rings is 2. The van der Waals surface area contributed by atoms with Gasteiger partial charge in [-0.1, -0.05) is 11.2 Å². The summed E-state index contributed by atoms with van der Waals surface area (Å²) in [5.41, 5.74) is 0.582. The minimum atomic E-state index is -3.82. The third-order valence-electron chi connectivity index (χ3n) is 4.62. The molecule has 0 spiro atoms. The highest BCUT2D eigenvalue weighted by atomic mass is 32.2. The molecule has 0 aliphatic heterocycles. The van der Waals surface area contributed by atoms with Gasteiger partial charge in [-0.15, -0.1) is 0 Å². The van der Waals surface area contributed by atoms with E-state index >= 15 is 0 Å². The van der Waals surface area contributed by atoms with Crippen molar-refractivity contribution < 1.29 is 31.9 Å². The minimum Gasteiger partial charge on any atom is -0.497 e. The van der Waals surface area contributed by atoms with Gasteiger partial charge in [0, 0.05) is 11.6 Å². The maximum atomic E-state index is 12.7. The summed E-state index contributed by atoms with van der Waals surface area (Å²) in [5.74, 6) is 0.698. The number of rotatable bonds is 8. The first-order chi connectivity index (χ1) is 15.9. The van der Waals surface area contributed by atoms with Crippen LogP contribution in [0.2, 0.25) is 0 Å². The maximum Gasteiger partial charge on any atom is 0.338 e. The Morgan fingerprint density at radius 2 is 1.82 bits per heavy atom. The second-order valence-corrected chi connectivity index (χ2v) is 10.2. The molecule has 1 aromatic heterocycles. The number of aromatic nitrogens is 2. The number of sulfonamides is 1. The van der Waals surface area contributed by atoms with Crippen molar-refractivity contribution in [2.75, 3.05) is 14.2 Å². The number of esters is 1. The number of nitrogens with one attached hydrogen (secondary N) is 1. The van der Waals surface area contributed by atoms with Crippen molar-refractivity contribution in [2.24, 2.45) is 0 Å². The molecule has 0 amide bonds. The van der Waals surface area contributed by atoms with Crippen LogP contribution in [0.15, 0.2) is 45.8 Å². The van der Waals surface area contributed by atoms with Crippen molar-refractivity contribution in [3.05, 3.63) is 53.4 Å². The quantitative estimate of drug-likeness (QED) is 0.472. The van der Waals surface area contributed by atoms with Gasteiger partial charge in [-0.2, -0.15) is 4.98 Å². The smallest absolute Gasteiger partial charge is 0.338 e. The molecule has 182 valence electrons. The average molecular weight is 490 g/mol. The Morgan fingerprint density at radius 1 is 1.09 bits per heavy atom. The fraction of sp³-hybridized carbons (Fsp3) is 0.348. The van der Waals surface area contributed by atoms with E-state index in [1.807, 2.05) is 0 Å². The predicted octanol–water partition coefficient (Wildman–Crippen LogP) is 3.50. The Bertz CT molecular complexity index is 1290. The van der Waals surface area contributed by atoms with Crippen molar-refractivity contribution in [1.82, 2.24) is 14.9 Å². The summed E-state index contributed by atoms with van der Waals surface area (Å²) in [5, 5.41) is 3.91. The lowest BCUT2D eigenvalue weighted by Crippen LogP contribution is -2.40. The van der Waals surface area contributed by atoms with Crippen molar-refractivity contribution in [3.8, 4) is 22.9 Å². The maximum absolute atomic E-state index is 12.7. The van der Waals surface area contributed by atoms with Gasteiger partial charge in [0.15, 0.2) is 6.61 Å². The average Bonchev–Trinajstić information content (AvgIpc) is 3.24. The van der Waals surface area contributed by atoms with Crippen LogP contribution in [-0.2, 0) is 21.4 Å². The molecule has 3 aromatic rings. The van der Waals surface area contributed by atoms with E-state index in [0.717, 1.165) is 0 Å². The molecule has 0 bridgehead atoms. The standard InChI is InChI=1S/C23H27N3O7S/c1-14-7-9-16(34(28,29)26-23(2,3)4)12-18(14)22(27)32-13-20-24-21(25-33-20)17-10-8-15(30-5)11-19(17)31-6/h7-12,26H,13H2,1-6H3. The van der Waals surface area contributed by atoms with Gasteiger partial charge in [0.2, 0.25) is 15.8 Å². The summed E-state index contributed by atoms with van der Waals surface area (Å²) in [6, 6.07) is 9.41. The minimum absolute atomic E-state index is 0.0355. The normalized spacial score (nSPS) is 11.8. The second-order valence-electron chi connectivity index (χ2n) is 8.49. The zero-order chi connectivity index (χ0) is 25.1. The highest BCUT2D eigenvalue weighted by Gasteiger charge is 2.24. The highest BCUT2D eigenvalue weighted by molar-refractivity contribution is 7.89. The molecule has 1 heterocycles. The van der Waals surface area contributed by atoms with E-state index in [9.17, 15) is 13.2 Å². The lowest BCUT2D eigenvalue weighted by Gasteiger charge is -2.20. The van der Waals surface area contributed by atoms with Crippen molar-refractivity contribution in [1.29, 1.82) is 0 Å². The number of carbonyl (C=O) groups excluding carboxylic acids is 1. The zero-order valence-electron chi connectivity index (χ0n) is 19.8. The molecule has 0 saturated heterocycles. The summed E-state index contributed by atoms with van der Waals surface area (Å²) in [6.07, 6.45) is 0. The number of hydrogen-bond donors (Lipinski definition) is 1. The SMILES string of the molecule is COc1ccc(-c2noc(COC(=O)c3cc(S(=O)(=O)NC(C)(C)C)ccc3C)n2)c(OC)c1. The highest BCUT2D eigenvalue weighted by Crippen LogP contribution is 2.31. The van der Waals surface area contributed by atoms with E-state index in [1.165, 1.54) is 19.2 Å². The predicted molar refractivity (Wildman–Crippen MR) is 123 cm³/mol. The number of nitrogens with zero attached hydrogens (tertiary/aromatic N) is 2. The van der Waals surface area contributed by atoms with Gasteiger partial charge in [0.05, 0.1) is 30.2 Å². The van der Waals surface area contributed by atoms with Crippen LogP contribution in [0.4, 0.5) is 0 Å². The van der Waals surface area contributed by atoms with Crippen molar-refractivity contribution >= 4 is 16.0 Å². The summed E-state index contributed by atoms with van der Waals surface area (Å²) in [6.45, 7) is 6.59. The number of methoxy groups -OCH3 is 2. The molecule has 0 saturated carbocycles. The fourth-order valence-electron chi connectivity index (χ4n) is 3.06. The molecule has 0 aliphatic rings. The van der Waals surface area contributed by atoms with Gasteiger partial charge in [-0.25, -0.2) is 17.9 Å². The van der Waals surface area contributed by atoms with Gasteiger partial charge >= 0.3 is 5.97 Å². The molecule has 0 unspecified atom stereocenters. The molecule has 3 rings (SSSR count). The molecule has 0 atom stereocenters. The first-order valence-corrected chi connectivity index (χ1v) is 11.8. The van der Waals surface area contributed by atoms with Crippen LogP contribution < -0.4 is 14.2 Å². The Balaban J connectivity index is 1.76. The monoisotopic (exact) mass is 489 g/mol. The van der Waals surface area contributed by atoms with Crippen LogP contribution in [0.3, 0.4) is 0 Å². The Kier molecular flexibility index (Phi) is 7.27. The summed E-state index contributed by atoms with van der Waals surface area (Å²) in [4.78, 5) is 16.9. The van der Waals surface area contributed by atoms with Crippen LogP contribution in [0.5, 0.6) is 11.5 Å². The molecule has 1 N–H and O–H groups in total. The Hall–Kier alpha value is -3.44. The van der Waals surface area contributed by atoms with E-state index in [1.54, 1.807) is 59.1 Å². The van der Waals surface area contributed by atoms with Gasteiger partial charge in [0.25, 0.3) is 5.89 Å². The molecule has 0 aliphatic carbocycles. The van der Waals surface area contributed by atoms with Crippen LogP contribution >= 0.6 is 0 Å². The van der Waals surface area contributed by atoms with Crippen LogP contribution in [0, 0.1) is 6.92 Å². The number of carbonyl (C=O) groups is 1. The molecule has 10 nitrogen and oxygen atoms in total. The van der Waals surface area contributed by atoms with Crippen LogP contribution in [-0.4, -0.2) is 44.3 Å². The first kappa shape index (κ1) is 25.2. The molecule has 11 heteroatoms. The molecular formula is C23H27N3O7S. The zero-order valence-corrected chi connectivity index (χ0v) is 20.6. The second kappa shape index (κ2) is 9.82. The number of aryl methyl sites for hydroxylation is 1. The van der Waals surface area contributed by atoms with E-state index in [-0.39, 0.29) is 28.8 Å². The largest absolute Gasteiger partial charge is 0.497 e. The first-order valence-electron chi connectivity index (χ1n) is 10.3. The van der Waals surface area contributed by atoms with Gasteiger partial charge in [-0.3, -0.25) is 0 Å². The molecule has 34 heavy (non-hydrogen) atoms. The lowest BCUT2D eigenvalue weighted by atomic mass is 10.1. The van der Waals surface area contributed by atoms with Gasteiger partial charge < -0.3 is 18.7 Å². The van der Waals surface area contributed by atoms with E-state index < -0.39 is 21.5 Å². The third-order valence-corrected chi connectivity index (χ3v) is 6.38. The molecule has 2 aromatic carbocycles. The van der Waals surface area contributed by atoms with Gasteiger partial charge in [-0.05, 0) is 57.5 Å². The fourth-order valence-corrected chi connectivity index (χ4v) is 4.51. The van der Waals surface area contributed by atoms with Crippen molar-refractivity contribution in [2.45, 2.75) is 44.7 Å². The van der Waals surface area contributed by atoms with E-state index in [4.69, 9.17) is 18.7 Å². The summed E-state index contributed by atoms with van der Waals surface area (Å²) >= 11 is 0. The molecular weight excluding hydrogens is 462 g/mol. The van der Waals surface area contributed by atoms with Crippen LogP contribution in [0.1, 0.15) is 42.6 Å². The Labute approximate surface area is 198 Å². The van der Waals surface area contributed by atoms with E-state index in [0.29, 0.717) is 22.6 Å². The van der Waals surface area contributed by atoms with Crippen LogP contribution in [0.25, 0.3) is 11.4 Å². The summed E-state index contributed by atoms with van der Waals surface area (Å²) < 4.78 is 48.8. The Morgan fingerprint density at radius 3 is 2.47 bits per heavy atom. The number of ether oxygens (including phenoxy) is 3. The van der Waals surface area contributed by atoms with Crippen molar-refractivity contribution in [3.63, 3.8) is 0 Å². The van der Waals surface area contributed by atoms with Gasteiger partial charge in [0.1, 0.15) is 11.5 Å².